The van der Waals surface area contributed by atoms with Gasteiger partial charge in [0.05, 0.1) is 0 Å². The Balaban J connectivity index is 2.47. The molecule has 1 aromatic heterocycles. The number of hydrogen-bond acceptors (Lipinski definition) is 2. The molecule has 0 aromatic carbocycles. The summed E-state index contributed by atoms with van der Waals surface area (Å²) in [5.74, 6) is -1.90. The highest BCUT2D eigenvalue weighted by atomic mass is 19.3. The van der Waals surface area contributed by atoms with Gasteiger partial charge in [0.25, 0.3) is 5.92 Å². The van der Waals surface area contributed by atoms with Gasteiger partial charge in [-0.25, -0.2) is 18.7 Å². The third kappa shape index (κ3) is 1.61. The molecule has 4 heteroatoms. The van der Waals surface area contributed by atoms with Crippen molar-refractivity contribution in [3.05, 3.63) is 22.8 Å². The summed E-state index contributed by atoms with van der Waals surface area (Å²) >= 11 is 0. The predicted octanol–water partition coefficient (Wildman–Crippen LogP) is 2.22. The maximum atomic E-state index is 13.1. The van der Waals surface area contributed by atoms with Crippen LogP contribution in [0.1, 0.15) is 29.2 Å². The molecule has 0 fully saturated rings. The zero-order chi connectivity index (χ0) is 10.3. The van der Waals surface area contributed by atoms with Crippen molar-refractivity contribution in [2.45, 2.75) is 39.0 Å². The molecule has 0 saturated carbocycles. The molecule has 0 radical (unpaired) electrons. The summed E-state index contributed by atoms with van der Waals surface area (Å²) in [7, 11) is 0. The highest BCUT2D eigenvalue weighted by molar-refractivity contribution is 5.29. The number of nitrogens with zero attached hydrogens (tertiary/aromatic N) is 2. The molecular formula is C10H12F2N2. The molecule has 0 N–H and O–H groups in total. The Kier molecular flexibility index (Phi) is 2.01. The van der Waals surface area contributed by atoms with E-state index in [0.29, 0.717) is 23.5 Å². The van der Waals surface area contributed by atoms with E-state index in [4.69, 9.17) is 0 Å². The summed E-state index contributed by atoms with van der Waals surface area (Å²) in [4.78, 5) is 8.30. The van der Waals surface area contributed by atoms with Crippen LogP contribution in [0.15, 0.2) is 0 Å². The fraction of sp³-hybridized carbons (Fsp3) is 0.600. The standard InChI is InChI=1S/C10H12F2N2/c1-6-8-5-10(11,12)4-3-9(8)14-7(2)13-6/h3-5H2,1-2H3. The minimum Gasteiger partial charge on any atom is -0.238 e. The van der Waals surface area contributed by atoms with Gasteiger partial charge in [0, 0.05) is 29.8 Å². The zero-order valence-electron chi connectivity index (χ0n) is 8.27. The SMILES string of the molecule is Cc1nc(C)c2c(n1)CCC(F)(F)C2. The van der Waals surface area contributed by atoms with Crippen molar-refractivity contribution in [1.29, 1.82) is 0 Å². The van der Waals surface area contributed by atoms with Gasteiger partial charge in [0.2, 0.25) is 0 Å². The lowest BCUT2D eigenvalue weighted by Gasteiger charge is -2.24. The lowest BCUT2D eigenvalue weighted by molar-refractivity contribution is -0.0131. The van der Waals surface area contributed by atoms with E-state index in [1.807, 2.05) is 0 Å². The van der Waals surface area contributed by atoms with Crippen LogP contribution in [-0.4, -0.2) is 15.9 Å². The van der Waals surface area contributed by atoms with E-state index < -0.39 is 5.92 Å². The molecule has 0 saturated heterocycles. The Morgan fingerprint density at radius 3 is 2.64 bits per heavy atom. The van der Waals surface area contributed by atoms with Gasteiger partial charge in [-0.2, -0.15) is 0 Å². The first kappa shape index (κ1) is 9.49. The molecular weight excluding hydrogens is 186 g/mol. The minimum absolute atomic E-state index is 0.0874. The maximum Gasteiger partial charge on any atom is 0.252 e. The van der Waals surface area contributed by atoms with Crippen LogP contribution in [-0.2, 0) is 12.8 Å². The largest absolute Gasteiger partial charge is 0.252 e. The lowest BCUT2D eigenvalue weighted by atomic mass is 9.92. The normalized spacial score (nSPS) is 19.1. The molecule has 1 aliphatic carbocycles. The van der Waals surface area contributed by atoms with Crippen molar-refractivity contribution in [2.24, 2.45) is 0 Å². The van der Waals surface area contributed by atoms with Crippen LogP contribution < -0.4 is 0 Å². The van der Waals surface area contributed by atoms with Gasteiger partial charge >= 0.3 is 0 Å². The Labute approximate surface area is 81.4 Å². The van der Waals surface area contributed by atoms with E-state index in [-0.39, 0.29) is 12.8 Å². The lowest BCUT2D eigenvalue weighted by Crippen LogP contribution is -2.28. The topological polar surface area (TPSA) is 25.8 Å². The molecule has 1 heterocycles. The Morgan fingerprint density at radius 1 is 1.21 bits per heavy atom. The summed E-state index contributed by atoms with van der Waals surface area (Å²) in [6, 6.07) is 0. The molecule has 0 aliphatic heterocycles. The van der Waals surface area contributed by atoms with Gasteiger partial charge in [0.15, 0.2) is 0 Å². The highest BCUT2D eigenvalue weighted by Gasteiger charge is 2.35. The van der Waals surface area contributed by atoms with Crippen LogP contribution in [0.2, 0.25) is 0 Å². The molecule has 0 atom stereocenters. The van der Waals surface area contributed by atoms with E-state index in [1.54, 1.807) is 13.8 Å². The van der Waals surface area contributed by atoms with Gasteiger partial charge in [0.1, 0.15) is 5.82 Å². The molecule has 0 unspecified atom stereocenters. The van der Waals surface area contributed by atoms with Crippen LogP contribution in [0.4, 0.5) is 8.78 Å². The summed E-state index contributed by atoms with van der Waals surface area (Å²) in [6.45, 7) is 3.56. The van der Waals surface area contributed by atoms with Crippen molar-refractivity contribution in [3.8, 4) is 0 Å². The Morgan fingerprint density at radius 2 is 1.93 bits per heavy atom. The second-order valence-corrected chi connectivity index (χ2v) is 3.81. The Bertz CT molecular complexity index is 375. The number of rotatable bonds is 0. The molecule has 1 aliphatic rings. The number of aromatic nitrogens is 2. The molecule has 2 rings (SSSR count). The van der Waals surface area contributed by atoms with Crippen LogP contribution in [0.3, 0.4) is 0 Å². The van der Waals surface area contributed by atoms with Crippen LogP contribution in [0.5, 0.6) is 0 Å². The van der Waals surface area contributed by atoms with Crippen LogP contribution in [0.25, 0.3) is 0 Å². The predicted molar refractivity (Wildman–Crippen MR) is 48.5 cm³/mol. The zero-order valence-corrected chi connectivity index (χ0v) is 8.27. The monoisotopic (exact) mass is 198 g/mol. The van der Waals surface area contributed by atoms with E-state index in [2.05, 4.69) is 9.97 Å². The van der Waals surface area contributed by atoms with Gasteiger partial charge in [-0.15, -0.1) is 0 Å². The third-order valence-corrected chi connectivity index (χ3v) is 2.57. The smallest absolute Gasteiger partial charge is 0.238 e. The fourth-order valence-electron chi connectivity index (χ4n) is 1.89. The summed E-state index contributed by atoms with van der Waals surface area (Å²) in [5.41, 5.74) is 2.15. The van der Waals surface area contributed by atoms with Crippen molar-refractivity contribution in [3.63, 3.8) is 0 Å². The van der Waals surface area contributed by atoms with Crippen LogP contribution in [0, 0.1) is 13.8 Å². The van der Waals surface area contributed by atoms with Crippen molar-refractivity contribution in [1.82, 2.24) is 9.97 Å². The fourth-order valence-corrected chi connectivity index (χ4v) is 1.89. The number of hydrogen-bond donors (Lipinski definition) is 0. The quantitative estimate of drug-likeness (QED) is 0.638. The molecule has 0 amide bonds. The molecule has 0 bridgehead atoms. The maximum absolute atomic E-state index is 13.1. The second kappa shape index (κ2) is 2.97. The van der Waals surface area contributed by atoms with Crippen molar-refractivity contribution >= 4 is 0 Å². The van der Waals surface area contributed by atoms with Gasteiger partial charge in [-0.3, -0.25) is 0 Å². The van der Waals surface area contributed by atoms with Gasteiger partial charge in [-0.05, 0) is 20.3 Å². The average Bonchev–Trinajstić information content (AvgIpc) is 2.06. The number of halogens is 2. The van der Waals surface area contributed by atoms with E-state index in [0.717, 1.165) is 5.69 Å². The third-order valence-electron chi connectivity index (χ3n) is 2.57. The van der Waals surface area contributed by atoms with Crippen molar-refractivity contribution < 1.29 is 8.78 Å². The Hall–Kier alpha value is -1.06. The molecule has 1 aromatic rings. The summed E-state index contributed by atoms with van der Waals surface area (Å²) in [5, 5.41) is 0. The first-order valence-corrected chi connectivity index (χ1v) is 4.69. The number of fused-ring (bicyclic) bond motifs is 1. The van der Waals surface area contributed by atoms with E-state index in [9.17, 15) is 8.78 Å². The first-order chi connectivity index (χ1) is 6.48. The van der Waals surface area contributed by atoms with E-state index in [1.165, 1.54) is 0 Å². The molecule has 0 spiro atoms. The summed E-state index contributed by atoms with van der Waals surface area (Å²) in [6.07, 6.45) is 0.0802. The number of aryl methyl sites for hydroxylation is 3. The highest BCUT2D eigenvalue weighted by Crippen LogP contribution is 2.32. The summed E-state index contributed by atoms with van der Waals surface area (Å²) < 4.78 is 26.2. The van der Waals surface area contributed by atoms with Gasteiger partial charge in [-0.1, -0.05) is 0 Å². The molecule has 14 heavy (non-hydrogen) atoms. The van der Waals surface area contributed by atoms with Crippen LogP contribution >= 0.6 is 0 Å². The first-order valence-electron chi connectivity index (χ1n) is 4.69. The van der Waals surface area contributed by atoms with Crippen molar-refractivity contribution in [2.75, 3.05) is 0 Å². The molecule has 76 valence electrons. The van der Waals surface area contributed by atoms with Gasteiger partial charge < -0.3 is 0 Å². The number of alkyl halides is 2. The minimum atomic E-state index is -2.57. The average molecular weight is 198 g/mol. The second-order valence-electron chi connectivity index (χ2n) is 3.81. The molecule has 2 nitrogen and oxygen atoms in total. The van der Waals surface area contributed by atoms with E-state index >= 15 is 0 Å².